The largest absolute Gasteiger partial charge is 0.325 e. The summed E-state index contributed by atoms with van der Waals surface area (Å²) >= 11 is 0.575. The number of tetrazole rings is 1. The molecule has 0 radical (unpaired) electrons. The van der Waals surface area contributed by atoms with Crippen molar-refractivity contribution in [3.63, 3.8) is 0 Å². The van der Waals surface area contributed by atoms with Gasteiger partial charge in [-0.2, -0.15) is 5.21 Å². The van der Waals surface area contributed by atoms with E-state index < -0.39 is 37.6 Å². The summed E-state index contributed by atoms with van der Waals surface area (Å²) in [5.41, 5.74) is 0.343. The predicted octanol–water partition coefficient (Wildman–Crippen LogP) is 0.950. The van der Waals surface area contributed by atoms with Crippen LogP contribution in [0.25, 0.3) is 0 Å². The smallest absolute Gasteiger partial charge is 0.305 e. The molecule has 1 fully saturated rings. The third-order valence-electron chi connectivity index (χ3n) is 5.25. The van der Waals surface area contributed by atoms with Gasteiger partial charge in [0.25, 0.3) is 15.0 Å². The van der Waals surface area contributed by atoms with Gasteiger partial charge in [-0.3, -0.25) is 15.1 Å². The van der Waals surface area contributed by atoms with Crippen molar-refractivity contribution < 1.29 is 26.4 Å². The van der Waals surface area contributed by atoms with Crippen LogP contribution in [-0.4, -0.2) is 65.5 Å². The van der Waals surface area contributed by atoms with E-state index in [4.69, 9.17) is 0 Å². The van der Waals surface area contributed by atoms with Gasteiger partial charge < -0.3 is 5.32 Å². The molecule has 15 nitrogen and oxygen atoms in total. The van der Waals surface area contributed by atoms with Gasteiger partial charge in [-0.25, -0.2) is 31.3 Å². The Hall–Kier alpha value is -3.35. The predicted molar refractivity (Wildman–Crippen MR) is 127 cm³/mol. The summed E-state index contributed by atoms with van der Waals surface area (Å²) in [6, 6.07) is 0.730. The molecule has 36 heavy (non-hydrogen) atoms. The Morgan fingerprint density at radius 3 is 2.58 bits per heavy atom. The molecule has 0 bridgehead atoms. The molecule has 4 rings (SSSR count). The third kappa shape index (κ3) is 5.89. The van der Waals surface area contributed by atoms with Gasteiger partial charge in [0.2, 0.25) is 10.0 Å². The molecule has 0 spiro atoms. The number of sulfone groups is 1. The van der Waals surface area contributed by atoms with Crippen molar-refractivity contribution in [1.29, 1.82) is 0 Å². The maximum absolute atomic E-state index is 12.9. The highest BCUT2D eigenvalue weighted by atomic mass is 32.2. The average molecular weight is 556 g/mol. The second kappa shape index (κ2) is 10.3. The van der Waals surface area contributed by atoms with Gasteiger partial charge in [-0.05, 0) is 24.1 Å². The van der Waals surface area contributed by atoms with Crippen molar-refractivity contribution in [2.45, 2.75) is 41.6 Å². The molecule has 0 aromatic carbocycles. The number of hydrogen-bond donors (Lipinski definition) is 4. The van der Waals surface area contributed by atoms with Crippen molar-refractivity contribution in [3.05, 3.63) is 29.7 Å². The van der Waals surface area contributed by atoms with Crippen LogP contribution in [0.15, 0.2) is 27.8 Å². The minimum atomic E-state index is -4.32. The minimum absolute atomic E-state index is 0.0814. The Morgan fingerprint density at radius 1 is 1.17 bits per heavy atom. The Bertz CT molecular complexity index is 1480. The van der Waals surface area contributed by atoms with Crippen LogP contribution in [0.2, 0.25) is 0 Å². The average Bonchev–Trinajstić information content (AvgIpc) is 3.59. The van der Waals surface area contributed by atoms with E-state index in [-0.39, 0.29) is 32.4 Å². The molecule has 1 aliphatic rings. The number of nitrogens with zero attached hydrogens (tertiary/aromatic N) is 5. The zero-order chi connectivity index (χ0) is 25.9. The van der Waals surface area contributed by atoms with Crippen molar-refractivity contribution >= 4 is 53.8 Å². The van der Waals surface area contributed by atoms with E-state index >= 15 is 0 Å². The first-order valence-electron chi connectivity index (χ1n) is 10.5. The number of urea groups is 1. The lowest BCUT2D eigenvalue weighted by Crippen LogP contribution is -2.23. The quantitative estimate of drug-likeness (QED) is 0.272. The van der Waals surface area contributed by atoms with Crippen LogP contribution in [-0.2, 0) is 26.4 Å². The SMILES string of the molecule is CS(=O)(=O)NCc1nc(NC(=O)Nc2cnccc2C(=O)C2CCCC2)sc1S(=O)(=O)c1nn[nH]n1. The molecule has 0 unspecified atom stereocenters. The second-order valence-corrected chi connectivity index (χ2v) is 12.8. The maximum atomic E-state index is 12.9. The number of thiazole rings is 1. The summed E-state index contributed by atoms with van der Waals surface area (Å²) in [7, 11) is -8.00. The number of ketones is 1. The monoisotopic (exact) mass is 555 g/mol. The van der Waals surface area contributed by atoms with Crippen molar-refractivity contribution in [3.8, 4) is 0 Å². The molecule has 192 valence electrons. The third-order valence-corrected chi connectivity index (χ3v) is 9.02. The van der Waals surface area contributed by atoms with Crippen LogP contribution >= 0.6 is 11.3 Å². The van der Waals surface area contributed by atoms with E-state index in [1.54, 1.807) is 0 Å². The molecule has 3 aromatic heterocycles. The molecule has 18 heteroatoms. The Kier molecular flexibility index (Phi) is 7.38. The number of sulfonamides is 1. The van der Waals surface area contributed by atoms with Crippen LogP contribution < -0.4 is 15.4 Å². The lowest BCUT2D eigenvalue weighted by atomic mass is 9.96. The fourth-order valence-corrected chi connectivity index (χ4v) is 6.54. The second-order valence-electron chi connectivity index (χ2n) is 7.89. The highest BCUT2D eigenvalue weighted by Crippen LogP contribution is 2.32. The molecule has 1 aliphatic carbocycles. The highest BCUT2D eigenvalue weighted by Gasteiger charge is 2.31. The van der Waals surface area contributed by atoms with Crippen LogP contribution in [0.3, 0.4) is 0 Å². The van der Waals surface area contributed by atoms with Gasteiger partial charge in [-0.1, -0.05) is 29.3 Å². The fourth-order valence-electron chi connectivity index (χ4n) is 3.63. The first-order chi connectivity index (χ1) is 17.0. The van der Waals surface area contributed by atoms with E-state index in [1.807, 2.05) is 0 Å². The topological polar surface area (TPSA) is 219 Å². The van der Waals surface area contributed by atoms with Gasteiger partial charge in [-0.15, -0.1) is 5.10 Å². The summed E-state index contributed by atoms with van der Waals surface area (Å²) in [6.07, 6.45) is 7.22. The van der Waals surface area contributed by atoms with Crippen LogP contribution in [0.1, 0.15) is 41.7 Å². The van der Waals surface area contributed by atoms with Gasteiger partial charge in [0, 0.05) is 17.7 Å². The molecular formula is C18H21N9O6S3. The molecule has 2 amide bonds. The summed E-state index contributed by atoms with van der Waals surface area (Å²) in [6.45, 7) is -0.465. The van der Waals surface area contributed by atoms with Crippen molar-refractivity contribution in [2.24, 2.45) is 5.92 Å². The van der Waals surface area contributed by atoms with E-state index in [0.29, 0.717) is 16.9 Å². The number of nitrogens with one attached hydrogen (secondary N) is 4. The summed E-state index contributed by atoms with van der Waals surface area (Å²) in [5.74, 6) is -0.195. The Labute approximate surface area is 209 Å². The number of anilines is 2. The van der Waals surface area contributed by atoms with E-state index in [1.165, 1.54) is 18.5 Å². The highest BCUT2D eigenvalue weighted by molar-refractivity contribution is 7.93. The number of hydrogen-bond acceptors (Lipinski definition) is 12. The summed E-state index contributed by atoms with van der Waals surface area (Å²) in [4.78, 5) is 33.6. The number of aromatic nitrogens is 6. The molecule has 4 N–H and O–H groups in total. The van der Waals surface area contributed by atoms with Crippen LogP contribution in [0, 0.1) is 5.92 Å². The first-order valence-corrected chi connectivity index (χ1v) is 14.7. The van der Waals surface area contributed by atoms with E-state index in [0.717, 1.165) is 31.9 Å². The first kappa shape index (κ1) is 25.7. The van der Waals surface area contributed by atoms with Crippen molar-refractivity contribution in [2.75, 3.05) is 16.9 Å². The van der Waals surface area contributed by atoms with Crippen LogP contribution in [0.4, 0.5) is 15.6 Å². The Morgan fingerprint density at radius 2 is 1.92 bits per heavy atom. The summed E-state index contributed by atoms with van der Waals surface area (Å²) in [5, 5.41) is 16.4. The number of aromatic amines is 1. The van der Waals surface area contributed by atoms with Gasteiger partial charge in [0.05, 0.1) is 30.4 Å². The number of Topliss-reactive ketones (excluding diaryl/α,β-unsaturated/α-hetero) is 1. The zero-order valence-electron chi connectivity index (χ0n) is 18.8. The van der Waals surface area contributed by atoms with E-state index in [2.05, 4.69) is 45.9 Å². The fraction of sp³-hybridized carbons (Fsp3) is 0.389. The standard InChI is InChI=1S/C18H21N9O6S3/c1-35(30,31)20-9-13-15(36(32,33)18-24-26-27-25-18)34-17(22-13)23-16(29)21-12-8-19-7-6-11(12)14(28)10-4-2-3-5-10/h6-8,10,20H,2-5,9H2,1H3,(H2,21,22,23,29)(H,24,25,26,27). The lowest BCUT2D eigenvalue weighted by molar-refractivity contribution is 0.0923. The lowest BCUT2D eigenvalue weighted by Gasteiger charge is -2.13. The Balaban J connectivity index is 1.57. The molecule has 0 saturated heterocycles. The zero-order valence-corrected chi connectivity index (χ0v) is 21.2. The molecule has 1 saturated carbocycles. The number of H-pyrrole nitrogens is 1. The van der Waals surface area contributed by atoms with Crippen molar-refractivity contribution in [1.82, 2.24) is 35.3 Å². The van der Waals surface area contributed by atoms with Gasteiger partial charge >= 0.3 is 6.03 Å². The number of carbonyl (C=O) groups is 2. The van der Waals surface area contributed by atoms with Gasteiger partial charge in [0.1, 0.15) is 0 Å². The maximum Gasteiger partial charge on any atom is 0.325 e. The molecule has 0 atom stereocenters. The summed E-state index contributed by atoms with van der Waals surface area (Å²) < 4.78 is 50.7. The minimum Gasteiger partial charge on any atom is -0.305 e. The van der Waals surface area contributed by atoms with Gasteiger partial charge in [0.15, 0.2) is 15.1 Å². The number of rotatable bonds is 9. The van der Waals surface area contributed by atoms with Crippen LogP contribution in [0.5, 0.6) is 0 Å². The molecular weight excluding hydrogens is 534 g/mol. The number of pyridine rings is 1. The normalized spacial score (nSPS) is 14.6. The van der Waals surface area contributed by atoms with E-state index in [9.17, 15) is 26.4 Å². The number of amides is 2. The molecule has 0 aliphatic heterocycles. The molecule has 3 heterocycles. The molecule has 3 aromatic rings. The number of carbonyl (C=O) groups excluding carboxylic acids is 2.